The van der Waals surface area contributed by atoms with E-state index >= 15 is 0 Å². The SMILES string of the molecule is COc1ccc2c(c1)c(/C=C1/C(=O)CC(=S)NC1=O)cn2Cc1cccc(C(F)(F)F)c1. The van der Waals surface area contributed by atoms with Crippen LogP contribution in [0.1, 0.15) is 23.1 Å². The highest BCUT2D eigenvalue weighted by Gasteiger charge is 2.30. The minimum atomic E-state index is -4.44. The molecule has 1 aliphatic heterocycles. The fourth-order valence-corrected chi connectivity index (χ4v) is 3.85. The van der Waals surface area contributed by atoms with E-state index in [1.54, 1.807) is 35.0 Å². The molecule has 2 aromatic carbocycles. The van der Waals surface area contributed by atoms with Gasteiger partial charge in [0, 0.05) is 29.2 Å². The first-order valence-electron chi connectivity index (χ1n) is 9.58. The lowest BCUT2D eigenvalue weighted by Crippen LogP contribution is -2.39. The van der Waals surface area contributed by atoms with Crippen LogP contribution in [-0.4, -0.2) is 28.4 Å². The number of piperidine rings is 1. The number of ketones is 1. The highest BCUT2D eigenvalue weighted by molar-refractivity contribution is 7.80. The Balaban J connectivity index is 1.80. The van der Waals surface area contributed by atoms with Crippen LogP contribution in [0.25, 0.3) is 17.0 Å². The lowest BCUT2D eigenvalue weighted by atomic mass is 10.0. The van der Waals surface area contributed by atoms with Gasteiger partial charge in [-0.2, -0.15) is 13.2 Å². The molecule has 1 amide bonds. The molecule has 164 valence electrons. The van der Waals surface area contributed by atoms with Gasteiger partial charge in [-0.3, -0.25) is 9.59 Å². The Morgan fingerprint density at radius 2 is 1.97 bits per heavy atom. The zero-order valence-electron chi connectivity index (χ0n) is 16.8. The van der Waals surface area contributed by atoms with Crippen molar-refractivity contribution < 1.29 is 27.5 Å². The molecule has 0 atom stereocenters. The second-order valence-electron chi connectivity index (χ2n) is 7.33. The summed E-state index contributed by atoms with van der Waals surface area (Å²) in [6.07, 6.45) is -1.32. The average molecular weight is 458 g/mol. The van der Waals surface area contributed by atoms with E-state index < -0.39 is 17.6 Å². The molecule has 0 radical (unpaired) electrons. The van der Waals surface area contributed by atoms with Crippen molar-refractivity contribution >= 4 is 45.9 Å². The van der Waals surface area contributed by atoms with E-state index in [0.29, 0.717) is 27.8 Å². The summed E-state index contributed by atoms with van der Waals surface area (Å²) in [5.41, 5.74) is 0.991. The van der Waals surface area contributed by atoms with Gasteiger partial charge in [0.1, 0.15) is 5.75 Å². The summed E-state index contributed by atoms with van der Waals surface area (Å²) < 4.78 is 46.4. The maximum atomic E-state index is 13.1. The summed E-state index contributed by atoms with van der Waals surface area (Å²) in [5.74, 6) is -0.400. The second-order valence-corrected chi connectivity index (χ2v) is 7.82. The number of ether oxygens (including phenoxy) is 1. The van der Waals surface area contributed by atoms with Crippen LogP contribution in [0.4, 0.5) is 13.2 Å². The van der Waals surface area contributed by atoms with Crippen molar-refractivity contribution in [1.29, 1.82) is 0 Å². The number of nitrogens with one attached hydrogen (secondary N) is 1. The standard InChI is InChI=1S/C23H17F3N2O3S/c1-31-16-5-6-19-17(9-16)14(8-18-20(29)10-21(32)27-22(18)30)12-28(19)11-13-3-2-4-15(7-13)23(24,25)26/h2-9,12H,10-11H2,1H3,(H,27,30,32)/b18-8-. The van der Waals surface area contributed by atoms with Gasteiger partial charge in [0.05, 0.1) is 29.7 Å². The van der Waals surface area contributed by atoms with Crippen LogP contribution in [0.3, 0.4) is 0 Å². The molecule has 0 bridgehead atoms. The molecule has 32 heavy (non-hydrogen) atoms. The van der Waals surface area contributed by atoms with Gasteiger partial charge in [0.15, 0.2) is 5.78 Å². The predicted octanol–water partition coefficient (Wildman–Crippen LogP) is 4.52. The highest BCUT2D eigenvalue weighted by Crippen LogP contribution is 2.31. The molecule has 3 aromatic rings. The first-order chi connectivity index (χ1) is 15.2. The third-order valence-electron chi connectivity index (χ3n) is 5.15. The van der Waals surface area contributed by atoms with Gasteiger partial charge in [-0.15, -0.1) is 0 Å². The summed E-state index contributed by atoms with van der Waals surface area (Å²) in [4.78, 5) is 24.8. The van der Waals surface area contributed by atoms with Crippen LogP contribution >= 0.6 is 12.2 Å². The molecule has 1 aliphatic rings. The number of hydrogen-bond donors (Lipinski definition) is 1. The van der Waals surface area contributed by atoms with Gasteiger partial charge in [-0.1, -0.05) is 24.4 Å². The number of halogens is 3. The summed E-state index contributed by atoms with van der Waals surface area (Å²) in [7, 11) is 1.51. The fourth-order valence-electron chi connectivity index (χ4n) is 3.63. The molecule has 4 rings (SSSR count). The average Bonchev–Trinajstić information content (AvgIpc) is 3.06. The molecule has 2 heterocycles. The van der Waals surface area contributed by atoms with Crippen molar-refractivity contribution in [2.24, 2.45) is 0 Å². The van der Waals surface area contributed by atoms with Crippen LogP contribution in [-0.2, 0) is 22.3 Å². The van der Waals surface area contributed by atoms with Gasteiger partial charge in [-0.25, -0.2) is 0 Å². The normalized spacial score (nSPS) is 16.0. The van der Waals surface area contributed by atoms with Crippen molar-refractivity contribution in [3.8, 4) is 5.75 Å². The smallest absolute Gasteiger partial charge is 0.416 e. The Morgan fingerprint density at radius 1 is 1.19 bits per heavy atom. The largest absolute Gasteiger partial charge is 0.497 e. The van der Waals surface area contributed by atoms with Crippen LogP contribution in [0.15, 0.2) is 54.2 Å². The fraction of sp³-hybridized carbons (Fsp3) is 0.174. The van der Waals surface area contributed by atoms with Crippen molar-refractivity contribution in [2.75, 3.05) is 7.11 Å². The van der Waals surface area contributed by atoms with E-state index in [1.807, 2.05) is 0 Å². The second kappa shape index (κ2) is 8.23. The lowest BCUT2D eigenvalue weighted by Gasteiger charge is -2.14. The van der Waals surface area contributed by atoms with Crippen molar-refractivity contribution in [3.05, 3.63) is 70.9 Å². The number of amides is 1. The monoisotopic (exact) mass is 458 g/mol. The first-order valence-corrected chi connectivity index (χ1v) is 9.98. The maximum Gasteiger partial charge on any atom is 0.416 e. The van der Waals surface area contributed by atoms with Crippen LogP contribution < -0.4 is 10.1 Å². The Bertz CT molecular complexity index is 1270. The zero-order chi connectivity index (χ0) is 23.0. The van der Waals surface area contributed by atoms with E-state index in [1.165, 1.54) is 19.3 Å². The number of Topliss-reactive ketones (excluding diaryl/α,β-unsaturated/α-hetero) is 1. The van der Waals surface area contributed by atoms with Crippen LogP contribution in [0.5, 0.6) is 5.75 Å². The van der Waals surface area contributed by atoms with Crippen LogP contribution in [0.2, 0.25) is 0 Å². The molecule has 0 aliphatic carbocycles. The van der Waals surface area contributed by atoms with Gasteiger partial charge in [0.2, 0.25) is 0 Å². The minimum absolute atomic E-state index is 0.0282. The molecular formula is C23H17F3N2O3S. The topological polar surface area (TPSA) is 60.3 Å². The summed E-state index contributed by atoms with van der Waals surface area (Å²) in [5, 5.41) is 3.18. The molecule has 1 saturated heterocycles. The number of carbonyl (C=O) groups excluding carboxylic acids is 2. The Kier molecular flexibility index (Phi) is 5.60. The molecule has 1 aromatic heterocycles. The van der Waals surface area contributed by atoms with E-state index in [0.717, 1.165) is 12.1 Å². The first kappa shape index (κ1) is 21.8. The molecular weight excluding hydrogens is 441 g/mol. The zero-order valence-corrected chi connectivity index (χ0v) is 17.6. The molecule has 1 N–H and O–H groups in total. The van der Waals surface area contributed by atoms with E-state index in [9.17, 15) is 22.8 Å². The number of thiocarbonyl (C=S) groups is 1. The third-order valence-corrected chi connectivity index (χ3v) is 5.39. The number of benzene rings is 2. The van der Waals surface area contributed by atoms with Gasteiger partial charge in [-0.05, 0) is 42.0 Å². The van der Waals surface area contributed by atoms with E-state index in [-0.39, 0.29) is 29.3 Å². The molecule has 9 heteroatoms. The van der Waals surface area contributed by atoms with Crippen molar-refractivity contribution in [2.45, 2.75) is 19.1 Å². The van der Waals surface area contributed by atoms with E-state index in [4.69, 9.17) is 17.0 Å². The lowest BCUT2D eigenvalue weighted by molar-refractivity contribution is -0.137. The van der Waals surface area contributed by atoms with Gasteiger partial charge in [0.25, 0.3) is 5.91 Å². The summed E-state index contributed by atoms with van der Waals surface area (Å²) in [6, 6.07) is 10.4. The quantitative estimate of drug-likeness (QED) is 0.355. The summed E-state index contributed by atoms with van der Waals surface area (Å²) in [6.45, 7) is 0.167. The number of carbonyl (C=O) groups is 2. The van der Waals surface area contributed by atoms with E-state index in [2.05, 4.69) is 5.32 Å². The number of methoxy groups -OCH3 is 1. The van der Waals surface area contributed by atoms with Gasteiger partial charge < -0.3 is 14.6 Å². The number of rotatable bonds is 4. The number of fused-ring (bicyclic) bond motifs is 1. The van der Waals surface area contributed by atoms with Crippen LogP contribution in [0, 0.1) is 0 Å². The Labute approximate surface area is 186 Å². The molecule has 0 spiro atoms. The molecule has 0 unspecified atom stereocenters. The molecule has 1 fully saturated rings. The predicted molar refractivity (Wildman–Crippen MR) is 117 cm³/mol. The summed E-state index contributed by atoms with van der Waals surface area (Å²) >= 11 is 4.92. The number of alkyl halides is 3. The third kappa shape index (κ3) is 4.29. The molecule has 0 saturated carbocycles. The number of hydrogen-bond acceptors (Lipinski definition) is 4. The minimum Gasteiger partial charge on any atom is -0.497 e. The maximum absolute atomic E-state index is 13.1. The Morgan fingerprint density at radius 3 is 2.66 bits per heavy atom. The number of aromatic nitrogens is 1. The molecule has 5 nitrogen and oxygen atoms in total. The number of nitrogens with zero attached hydrogens (tertiary/aromatic N) is 1. The van der Waals surface area contributed by atoms with Crippen molar-refractivity contribution in [1.82, 2.24) is 9.88 Å². The highest BCUT2D eigenvalue weighted by atomic mass is 32.1. The van der Waals surface area contributed by atoms with Crippen molar-refractivity contribution in [3.63, 3.8) is 0 Å². The Hall–Kier alpha value is -3.46. The van der Waals surface area contributed by atoms with Gasteiger partial charge >= 0.3 is 6.18 Å².